The zero-order chi connectivity index (χ0) is 19.1. The maximum atomic E-state index is 6.85. The Bertz CT molecular complexity index is 749. The van der Waals surface area contributed by atoms with Gasteiger partial charge in [0.25, 0.3) is 0 Å². The molecular formula is C22H30OSi3. The second-order valence-electron chi connectivity index (χ2n) is 8.46. The third kappa shape index (κ3) is 2.67. The fourth-order valence-corrected chi connectivity index (χ4v) is 43.4. The van der Waals surface area contributed by atoms with E-state index < -0.39 is 22.5 Å². The van der Waals surface area contributed by atoms with Crippen LogP contribution >= 0.6 is 0 Å². The number of hydrogen-bond donors (Lipinski definition) is 0. The minimum absolute atomic E-state index is 0.129. The zero-order valence-corrected chi connectivity index (χ0v) is 19.5. The molecule has 0 bridgehead atoms. The van der Waals surface area contributed by atoms with E-state index in [4.69, 9.17) is 4.43 Å². The molecule has 1 fully saturated rings. The molecule has 1 aliphatic rings. The third-order valence-corrected chi connectivity index (χ3v) is 40.4. The number of hydrogen-bond acceptors (Lipinski definition) is 1. The summed E-state index contributed by atoms with van der Waals surface area (Å²) in [6.45, 7) is 18.1. The Morgan fingerprint density at radius 2 is 1.27 bits per heavy atom. The Kier molecular flexibility index (Phi) is 4.90. The van der Waals surface area contributed by atoms with Crippen LogP contribution in [0.5, 0.6) is 0 Å². The van der Waals surface area contributed by atoms with Gasteiger partial charge in [0, 0.05) is 5.60 Å². The molecule has 3 rings (SSSR count). The molecule has 2 aromatic rings. The van der Waals surface area contributed by atoms with E-state index in [2.05, 4.69) is 112 Å². The molecule has 0 amide bonds. The lowest BCUT2D eigenvalue weighted by Crippen LogP contribution is -2.88. The SMILES string of the molecule is C=C[Si]1(C=C)[Si](C)(C)OC(C)(C)C[Si]1(c1ccccc1)c1ccccc1. The first-order valence-corrected chi connectivity index (χ1v) is 18.6. The maximum Gasteiger partial charge on any atom is 0.182 e. The van der Waals surface area contributed by atoms with Crippen LogP contribution in [0.4, 0.5) is 0 Å². The maximum absolute atomic E-state index is 6.85. The predicted octanol–water partition coefficient (Wildman–Crippen LogP) is 4.32. The molecule has 0 aromatic heterocycles. The first-order valence-electron chi connectivity index (χ1n) is 9.33. The Balaban J connectivity index is 2.47. The summed E-state index contributed by atoms with van der Waals surface area (Å²) >= 11 is 0. The van der Waals surface area contributed by atoms with Crippen LogP contribution in [0.15, 0.2) is 85.2 Å². The molecule has 26 heavy (non-hydrogen) atoms. The average Bonchev–Trinajstić information content (AvgIpc) is 2.61. The van der Waals surface area contributed by atoms with E-state index >= 15 is 0 Å². The van der Waals surface area contributed by atoms with Crippen molar-refractivity contribution in [2.45, 2.75) is 38.6 Å². The van der Waals surface area contributed by atoms with E-state index in [9.17, 15) is 0 Å². The van der Waals surface area contributed by atoms with Crippen LogP contribution in [0.3, 0.4) is 0 Å². The highest BCUT2D eigenvalue weighted by Gasteiger charge is 2.68. The Morgan fingerprint density at radius 3 is 1.65 bits per heavy atom. The van der Waals surface area contributed by atoms with Crippen molar-refractivity contribution in [3.63, 3.8) is 0 Å². The van der Waals surface area contributed by atoms with Gasteiger partial charge in [-0.15, -0.1) is 13.2 Å². The Labute approximate surface area is 161 Å². The predicted molar refractivity (Wildman–Crippen MR) is 122 cm³/mol. The fourth-order valence-electron chi connectivity index (χ4n) is 5.33. The van der Waals surface area contributed by atoms with E-state index in [0.717, 1.165) is 6.04 Å². The average molecular weight is 395 g/mol. The minimum atomic E-state index is -2.15. The molecule has 1 saturated heterocycles. The smallest absolute Gasteiger partial charge is 0.182 e. The normalized spacial score (nSPS) is 22.3. The summed E-state index contributed by atoms with van der Waals surface area (Å²) in [5, 5.41) is 3.02. The topological polar surface area (TPSA) is 9.23 Å². The Morgan fingerprint density at radius 1 is 0.846 bits per heavy atom. The summed E-state index contributed by atoms with van der Waals surface area (Å²) in [5.74, 6) is 0. The molecule has 4 heteroatoms. The summed E-state index contributed by atoms with van der Waals surface area (Å²) in [4.78, 5) is 0. The van der Waals surface area contributed by atoms with Crippen LogP contribution in [0.2, 0.25) is 19.1 Å². The quantitative estimate of drug-likeness (QED) is 0.702. The van der Waals surface area contributed by atoms with Gasteiger partial charge < -0.3 is 4.43 Å². The van der Waals surface area contributed by atoms with Crippen molar-refractivity contribution >= 4 is 32.9 Å². The van der Waals surface area contributed by atoms with Gasteiger partial charge >= 0.3 is 0 Å². The minimum Gasteiger partial charge on any atom is -0.415 e. The summed E-state index contributed by atoms with van der Waals surface area (Å²) < 4.78 is 6.85. The van der Waals surface area contributed by atoms with E-state index in [-0.39, 0.29) is 5.60 Å². The van der Waals surface area contributed by atoms with E-state index in [1.165, 1.54) is 10.4 Å². The molecule has 0 N–H and O–H groups in total. The van der Waals surface area contributed by atoms with Crippen LogP contribution < -0.4 is 10.4 Å². The summed E-state index contributed by atoms with van der Waals surface area (Å²) in [6, 6.07) is 23.5. The van der Waals surface area contributed by atoms with Crippen molar-refractivity contribution in [2.24, 2.45) is 0 Å². The molecule has 136 valence electrons. The van der Waals surface area contributed by atoms with Crippen LogP contribution in [0, 0.1) is 0 Å². The molecule has 0 atom stereocenters. The van der Waals surface area contributed by atoms with Gasteiger partial charge in [0.1, 0.15) is 14.7 Å². The summed E-state index contributed by atoms with van der Waals surface area (Å²) in [5.41, 5.74) is 4.50. The number of benzene rings is 2. The second-order valence-corrected chi connectivity index (χ2v) is 30.2. The van der Waals surface area contributed by atoms with Gasteiger partial charge in [-0.05, 0) is 33.0 Å². The molecule has 0 unspecified atom stereocenters. The van der Waals surface area contributed by atoms with E-state index in [0.29, 0.717) is 0 Å². The highest BCUT2D eigenvalue weighted by molar-refractivity contribution is 7.76. The molecule has 1 nitrogen and oxygen atoms in total. The molecule has 1 heterocycles. The van der Waals surface area contributed by atoms with Gasteiger partial charge in [0.15, 0.2) is 7.83 Å². The van der Waals surface area contributed by atoms with Gasteiger partial charge in [0.05, 0.1) is 0 Å². The van der Waals surface area contributed by atoms with E-state index in [1.54, 1.807) is 0 Å². The van der Waals surface area contributed by atoms with Crippen LogP contribution in [-0.2, 0) is 4.43 Å². The third-order valence-electron chi connectivity index (χ3n) is 6.10. The lowest BCUT2D eigenvalue weighted by Gasteiger charge is -2.60. The highest BCUT2D eigenvalue weighted by Crippen LogP contribution is 2.44. The zero-order valence-electron chi connectivity index (χ0n) is 16.5. The molecule has 0 saturated carbocycles. The Hall–Kier alpha value is -1.47. The molecule has 0 spiro atoms. The molecule has 0 radical (unpaired) electrons. The van der Waals surface area contributed by atoms with Crippen molar-refractivity contribution in [3.8, 4) is 0 Å². The summed E-state index contributed by atoms with van der Waals surface area (Å²) in [7, 11) is -6.31. The monoisotopic (exact) mass is 394 g/mol. The first kappa shape index (κ1) is 19.3. The van der Waals surface area contributed by atoms with Gasteiger partial charge in [-0.2, -0.15) is 0 Å². The molecule has 1 aliphatic heterocycles. The lowest BCUT2D eigenvalue weighted by atomic mass is 10.2. The van der Waals surface area contributed by atoms with Gasteiger partial charge in [0.2, 0.25) is 0 Å². The molecule has 2 aromatic carbocycles. The van der Waals surface area contributed by atoms with Gasteiger partial charge in [-0.25, -0.2) is 0 Å². The van der Waals surface area contributed by atoms with Crippen LogP contribution in [0.25, 0.3) is 0 Å². The lowest BCUT2D eigenvalue weighted by molar-refractivity contribution is 0.123. The van der Waals surface area contributed by atoms with Crippen LogP contribution in [-0.4, -0.2) is 28.1 Å². The highest BCUT2D eigenvalue weighted by atomic mass is 29.6. The number of rotatable bonds is 4. The standard InChI is InChI=1S/C22H30OSi3/c1-7-25(8-2)24(5,6)23-22(3,4)19-26(25,20-15-11-9-12-16-20)21-17-13-10-14-18-21/h7-18H,1-2,19H2,3-6H3. The van der Waals surface area contributed by atoms with Crippen molar-refractivity contribution in [1.29, 1.82) is 0 Å². The molecular weight excluding hydrogens is 364 g/mol. The van der Waals surface area contributed by atoms with Gasteiger partial charge in [-0.1, -0.05) is 82.4 Å². The van der Waals surface area contributed by atoms with Crippen molar-refractivity contribution in [3.05, 3.63) is 85.2 Å². The molecule has 0 aliphatic carbocycles. The van der Waals surface area contributed by atoms with Crippen molar-refractivity contribution in [2.75, 3.05) is 0 Å². The second kappa shape index (κ2) is 6.60. The van der Waals surface area contributed by atoms with Crippen molar-refractivity contribution in [1.82, 2.24) is 0 Å². The van der Waals surface area contributed by atoms with E-state index in [1.807, 2.05) is 0 Å². The summed E-state index contributed by atoms with van der Waals surface area (Å²) in [6.07, 6.45) is 0. The van der Waals surface area contributed by atoms with Crippen LogP contribution in [0.1, 0.15) is 13.8 Å². The fraction of sp³-hybridized carbons (Fsp3) is 0.273. The van der Waals surface area contributed by atoms with Crippen molar-refractivity contribution < 1.29 is 4.43 Å². The van der Waals surface area contributed by atoms with Gasteiger partial charge in [-0.3, -0.25) is 0 Å². The first-order chi connectivity index (χ1) is 12.2. The largest absolute Gasteiger partial charge is 0.415 e.